The van der Waals surface area contributed by atoms with E-state index in [1.165, 1.54) is 14.2 Å². The van der Waals surface area contributed by atoms with E-state index in [1.54, 1.807) is 30.2 Å². The SMILES string of the molecule is COCCOc1c(C#Cc2ccc3nc([C@@H]4CCCN4C(=O)[C@@H](NC(=O)OC)C(C)C)[nH]c3c2)ccc(-c2cnc([C@@H]3CCCN3C(=O)[C@H](NC(=O)OC)C(C)C)[nH]2)c1OCCOC. The van der Waals surface area contributed by atoms with E-state index in [0.29, 0.717) is 78.3 Å². The summed E-state index contributed by atoms with van der Waals surface area (Å²) in [5, 5.41) is 5.39. The van der Waals surface area contributed by atoms with Crippen LogP contribution in [0.15, 0.2) is 36.5 Å². The maximum Gasteiger partial charge on any atom is 0.407 e. The van der Waals surface area contributed by atoms with Crippen LogP contribution in [0.3, 0.4) is 0 Å². The first-order valence-electron chi connectivity index (χ1n) is 21.7. The molecular formula is C46H60N8O10. The van der Waals surface area contributed by atoms with Crippen LogP contribution in [0.5, 0.6) is 11.5 Å². The van der Waals surface area contributed by atoms with Crippen molar-refractivity contribution in [2.24, 2.45) is 11.8 Å². The zero-order chi connectivity index (χ0) is 45.9. The summed E-state index contributed by atoms with van der Waals surface area (Å²) in [5.41, 5.74) is 4.10. The van der Waals surface area contributed by atoms with Crippen LogP contribution >= 0.6 is 0 Å². The number of fused-ring (bicyclic) bond motifs is 1. The number of nitrogens with one attached hydrogen (secondary N) is 4. The van der Waals surface area contributed by atoms with Crippen molar-refractivity contribution in [3.63, 3.8) is 0 Å². The minimum Gasteiger partial charge on any atom is -0.487 e. The Hall–Kier alpha value is -6.32. The molecule has 6 rings (SSSR count). The Labute approximate surface area is 373 Å². The highest BCUT2D eigenvalue weighted by Crippen LogP contribution is 2.42. The zero-order valence-electron chi connectivity index (χ0n) is 37.9. The number of H-pyrrole nitrogens is 2. The summed E-state index contributed by atoms with van der Waals surface area (Å²) in [6, 6.07) is 7.34. The van der Waals surface area contributed by atoms with Gasteiger partial charge in [-0.25, -0.2) is 19.6 Å². The number of ether oxygens (including phenoxy) is 6. The number of alkyl carbamates (subject to hydrolysis) is 2. The number of aromatic amines is 2. The molecule has 4 aromatic rings. The van der Waals surface area contributed by atoms with Gasteiger partial charge in [-0.3, -0.25) is 9.59 Å². The fourth-order valence-electron chi connectivity index (χ4n) is 8.05. The van der Waals surface area contributed by atoms with Crippen molar-refractivity contribution in [3.05, 3.63) is 59.3 Å². The van der Waals surface area contributed by atoms with Gasteiger partial charge in [-0.1, -0.05) is 39.5 Å². The molecule has 0 radical (unpaired) electrons. The van der Waals surface area contributed by atoms with Crippen molar-refractivity contribution in [1.29, 1.82) is 0 Å². The van der Waals surface area contributed by atoms with E-state index in [1.807, 2.05) is 58.0 Å². The number of likely N-dealkylation sites (tertiary alicyclic amines) is 2. The number of imidazole rings is 2. The normalized spacial score (nSPS) is 17.0. The van der Waals surface area contributed by atoms with E-state index >= 15 is 0 Å². The summed E-state index contributed by atoms with van der Waals surface area (Å²) in [4.78, 5) is 71.7. The second-order valence-corrected chi connectivity index (χ2v) is 16.4. The van der Waals surface area contributed by atoms with Crippen LogP contribution in [0.25, 0.3) is 22.3 Å². The Morgan fingerprint density at radius 2 is 1.31 bits per heavy atom. The minimum atomic E-state index is -0.760. The summed E-state index contributed by atoms with van der Waals surface area (Å²) < 4.78 is 33.0. The molecule has 344 valence electrons. The van der Waals surface area contributed by atoms with Crippen LogP contribution in [0.1, 0.15) is 88.2 Å². The molecule has 0 spiro atoms. The Kier molecular flexibility index (Phi) is 16.1. The molecule has 2 aromatic heterocycles. The molecule has 0 unspecified atom stereocenters. The maximum absolute atomic E-state index is 13.8. The molecular weight excluding hydrogens is 825 g/mol. The van der Waals surface area contributed by atoms with Gasteiger partial charge >= 0.3 is 12.2 Å². The number of carbonyl (C=O) groups excluding carboxylic acids is 4. The summed E-state index contributed by atoms with van der Waals surface area (Å²) in [5.74, 6) is 8.01. The topological polar surface area (TPSA) is 212 Å². The number of methoxy groups -OCH3 is 4. The molecule has 2 aromatic carbocycles. The van der Waals surface area contributed by atoms with Gasteiger partial charge in [-0.15, -0.1) is 0 Å². The number of rotatable bonds is 17. The number of benzene rings is 2. The van der Waals surface area contributed by atoms with E-state index in [-0.39, 0.29) is 48.9 Å². The highest BCUT2D eigenvalue weighted by atomic mass is 16.6. The average molecular weight is 885 g/mol. The van der Waals surface area contributed by atoms with Gasteiger partial charge in [0.25, 0.3) is 0 Å². The largest absolute Gasteiger partial charge is 0.487 e. The maximum atomic E-state index is 13.8. The minimum absolute atomic E-state index is 0.146. The van der Waals surface area contributed by atoms with Crippen LogP contribution in [-0.2, 0) is 28.5 Å². The highest BCUT2D eigenvalue weighted by Gasteiger charge is 2.39. The molecule has 0 aliphatic carbocycles. The van der Waals surface area contributed by atoms with E-state index in [2.05, 4.69) is 32.4 Å². The molecule has 2 saturated heterocycles. The molecule has 4 amide bonds. The predicted molar refractivity (Wildman–Crippen MR) is 237 cm³/mol. The molecule has 4 atom stereocenters. The van der Waals surface area contributed by atoms with Crippen LogP contribution in [-0.4, -0.2) is 134 Å². The molecule has 2 aliphatic rings. The Morgan fingerprint density at radius 3 is 1.88 bits per heavy atom. The zero-order valence-corrected chi connectivity index (χ0v) is 37.9. The third-order valence-electron chi connectivity index (χ3n) is 11.4. The van der Waals surface area contributed by atoms with Crippen LogP contribution in [0.4, 0.5) is 9.59 Å². The van der Waals surface area contributed by atoms with Crippen molar-refractivity contribution >= 4 is 35.0 Å². The van der Waals surface area contributed by atoms with Crippen molar-refractivity contribution in [3.8, 4) is 34.6 Å². The summed E-state index contributed by atoms with van der Waals surface area (Å²) in [6.45, 7) is 9.67. The fraction of sp³-hybridized carbons (Fsp3) is 0.522. The first kappa shape index (κ1) is 47.2. The third kappa shape index (κ3) is 10.9. The fourth-order valence-corrected chi connectivity index (χ4v) is 8.05. The van der Waals surface area contributed by atoms with Gasteiger partial charge in [0.05, 0.1) is 68.0 Å². The number of aromatic nitrogens is 4. The molecule has 18 nitrogen and oxygen atoms in total. The predicted octanol–water partition coefficient (Wildman–Crippen LogP) is 5.49. The van der Waals surface area contributed by atoms with Crippen LogP contribution in [0, 0.1) is 23.7 Å². The van der Waals surface area contributed by atoms with Crippen molar-refractivity contribution < 1.29 is 47.6 Å². The molecule has 2 aliphatic heterocycles. The van der Waals surface area contributed by atoms with Gasteiger partial charge in [0, 0.05) is 38.4 Å². The van der Waals surface area contributed by atoms with Gasteiger partial charge in [-0.05, 0) is 67.9 Å². The lowest BCUT2D eigenvalue weighted by Gasteiger charge is -2.30. The molecule has 0 bridgehead atoms. The van der Waals surface area contributed by atoms with E-state index in [4.69, 9.17) is 38.4 Å². The number of hydrogen-bond donors (Lipinski definition) is 4. The van der Waals surface area contributed by atoms with Gasteiger partial charge in [0.2, 0.25) is 11.8 Å². The Balaban J connectivity index is 1.29. The molecule has 4 N–H and O–H groups in total. The van der Waals surface area contributed by atoms with E-state index in [9.17, 15) is 19.2 Å². The molecule has 2 fully saturated rings. The van der Waals surface area contributed by atoms with Gasteiger partial charge in [0.15, 0.2) is 11.5 Å². The number of nitrogens with zero attached hydrogens (tertiary/aromatic N) is 4. The first-order valence-corrected chi connectivity index (χ1v) is 21.7. The van der Waals surface area contributed by atoms with Crippen molar-refractivity contribution in [2.45, 2.75) is 77.5 Å². The molecule has 4 heterocycles. The van der Waals surface area contributed by atoms with Gasteiger partial charge in [0.1, 0.15) is 36.9 Å². The molecule has 64 heavy (non-hydrogen) atoms. The monoisotopic (exact) mass is 884 g/mol. The lowest BCUT2D eigenvalue weighted by atomic mass is 10.0. The second kappa shape index (κ2) is 21.8. The van der Waals surface area contributed by atoms with Crippen molar-refractivity contribution in [2.75, 3.05) is 68.0 Å². The first-order chi connectivity index (χ1) is 30.9. The smallest absolute Gasteiger partial charge is 0.407 e. The van der Waals surface area contributed by atoms with Gasteiger partial charge < -0.3 is 58.8 Å². The molecule has 18 heteroatoms. The van der Waals surface area contributed by atoms with Crippen LogP contribution < -0.4 is 20.1 Å². The van der Waals surface area contributed by atoms with Crippen molar-refractivity contribution in [1.82, 2.24) is 40.4 Å². The number of carbonyl (C=O) groups is 4. The number of hydrogen-bond acceptors (Lipinski definition) is 12. The standard InChI is InChI=1S/C46H60N8O10/c1-27(2)37(51-45(57)61-7)43(55)53-19-9-11-35(53)41-47-26-34(50-41)31-17-16-30(39(63-23-21-59-5)40(31)64-24-22-60-6)15-13-29-14-18-32-33(25-29)49-42(48-32)36-12-10-20-54(36)44(56)38(28(3)4)52-46(58)62-8/h14,16-18,25-28,35-38H,9-12,19-24H2,1-8H3,(H,47,50)(H,48,49)(H,51,57)(H,52,58)/t35-,36-,37+,38-/m0/s1. The summed E-state index contributed by atoms with van der Waals surface area (Å²) in [6.07, 6.45) is 3.39. The van der Waals surface area contributed by atoms with Crippen LogP contribution in [0.2, 0.25) is 0 Å². The number of amides is 4. The average Bonchev–Trinajstić information content (AvgIpc) is 4.13. The second-order valence-electron chi connectivity index (χ2n) is 16.4. The summed E-state index contributed by atoms with van der Waals surface area (Å²) >= 11 is 0. The quantitative estimate of drug-likeness (QED) is 0.0766. The van der Waals surface area contributed by atoms with Gasteiger partial charge in [-0.2, -0.15) is 0 Å². The van der Waals surface area contributed by atoms with E-state index in [0.717, 1.165) is 30.3 Å². The molecule has 0 saturated carbocycles. The Morgan fingerprint density at radius 1 is 0.734 bits per heavy atom. The van der Waals surface area contributed by atoms with E-state index < -0.39 is 24.3 Å². The highest BCUT2D eigenvalue weighted by molar-refractivity contribution is 5.87. The lowest BCUT2D eigenvalue weighted by Crippen LogP contribution is -2.51. The summed E-state index contributed by atoms with van der Waals surface area (Å²) in [7, 11) is 5.74. The lowest BCUT2D eigenvalue weighted by molar-refractivity contribution is -0.136. The Bertz CT molecular complexity index is 2330. The third-order valence-corrected chi connectivity index (χ3v) is 11.4.